The Balaban J connectivity index is 2.26. The maximum atomic E-state index is 13.2. The summed E-state index contributed by atoms with van der Waals surface area (Å²) < 4.78 is 64.5. The first-order valence-corrected chi connectivity index (χ1v) is 8.33. The highest BCUT2D eigenvalue weighted by Gasteiger charge is 2.38. The molecule has 0 aliphatic carbocycles. The Labute approximate surface area is 133 Å². The van der Waals surface area contributed by atoms with E-state index in [0.717, 1.165) is 30.2 Å². The van der Waals surface area contributed by atoms with Crippen LogP contribution in [-0.4, -0.2) is 39.1 Å². The van der Waals surface area contributed by atoms with Gasteiger partial charge in [0.25, 0.3) is 0 Å². The molecule has 128 valence electrons. The first-order chi connectivity index (χ1) is 11.0. The van der Waals surface area contributed by atoms with Crippen molar-refractivity contribution in [2.75, 3.05) is 12.0 Å². The van der Waals surface area contributed by atoms with Gasteiger partial charge in [0.15, 0.2) is 21.2 Å². The van der Waals surface area contributed by atoms with Crippen molar-refractivity contribution in [3.05, 3.63) is 24.2 Å². The lowest BCUT2D eigenvalue weighted by atomic mass is 10.2. The molecule has 3 rings (SSSR count). The zero-order chi connectivity index (χ0) is 17.9. The number of nitrogen functional groups attached to an aromatic ring is 1. The van der Waals surface area contributed by atoms with Gasteiger partial charge < -0.3 is 5.73 Å². The number of anilines is 1. The van der Waals surface area contributed by atoms with E-state index in [9.17, 15) is 21.6 Å². The van der Waals surface area contributed by atoms with E-state index >= 15 is 0 Å². The highest BCUT2D eigenvalue weighted by molar-refractivity contribution is 7.90. The molecule has 0 atom stereocenters. The maximum absolute atomic E-state index is 13.2. The number of rotatable bonds is 2. The monoisotopic (exact) mass is 360 g/mol. The summed E-state index contributed by atoms with van der Waals surface area (Å²) >= 11 is 0. The third-order valence-corrected chi connectivity index (χ3v) is 4.48. The molecule has 0 spiro atoms. The molecule has 3 aromatic heterocycles. The molecule has 3 aromatic rings. The van der Waals surface area contributed by atoms with Crippen LogP contribution in [0.1, 0.15) is 5.69 Å². The highest BCUT2D eigenvalue weighted by Crippen LogP contribution is 2.36. The third-order valence-electron chi connectivity index (χ3n) is 3.37. The maximum Gasteiger partial charge on any atom is 0.433 e. The van der Waals surface area contributed by atoms with Gasteiger partial charge in [0.2, 0.25) is 0 Å². The van der Waals surface area contributed by atoms with Crippen molar-refractivity contribution >= 4 is 21.3 Å². The van der Waals surface area contributed by atoms with E-state index in [0.29, 0.717) is 4.68 Å². The second-order valence-electron chi connectivity index (χ2n) is 5.11. The normalized spacial score (nSPS) is 12.9. The largest absolute Gasteiger partial charge is 0.433 e. The number of hydrogen-bond acceptors (Lipinski definition) is 6. The van der Waals surface area contributed by atoms with Crippen LogP contribution in [0.15, 0.2) is 23.4 Å². The van der Waals surface area contributed by atoms with Crippen molar-refractivity contribution < 1.29 is 21.6 Å². The van der Waals surface area contributed by atoms with E-state index in [1.807, 2.05) is 0 Å². The standard InChI is InChI=1S/C12H11F3N6O2S/c1-20-10(12(13,14)15)6(4-18-20)7-3-9-17-5-8(24(2,22)23)11(16)21(9)19-7/h3-5H,16H2,1-2H3. The van der Waals surface area contributed by atoms with E-state index in [1.165, 1.54) is 6.07 Å². The van der Waals surface area contributed by atoms with Gasteiger partial charge in [-0.3, -0.25) is 4.68 Å². The zero-order valence-electron chi connectivity index (χ0n) is 12.4. The van der Waals surface area contributed by atoms with Gasteiger partial charge in [-0.1, -0.05) is 0 Å². The summed E-state index contributed by atoms with van der Waals surface area (Å²) in [7, 11) is -2.49. The minimum atomic E-state index is -4.63. The quantitative estimate of drug-likeness (QED) is 0.734. The van der Waals surface area contributed by atoms with Crippen molar-refractivity contribution in [1.29, 1.82) is 0 Å². The Kier molecular flexibility index (Phi) is 3.34. The van der Waals surface area contributed by atoms with E-state index in [2.05, 4.69) is 15.2 Å². The Bertz CT molecular complexity index is 1050. The Hall–Kier alpha value is -2.63. The van der Waals surface area contributed by atoms with Crippen molar-refractivity contribution in [2.45, 2.75) is 11.1 Å². The molecule has 2 N–H and O–H groups in total. The summed E-state index contributed by atoms with van der Waals surface area (Å²) in [5.74, 6) is -0.230. The van der Waals surface area contributed by atoms with Crippen molar-refractivity contribution in [3.8, 4) is 11.3 Å². The predicted molar refractivity (Wildman–Crippen MR) is 77.7 cm³/mol. The first-order valence-electron chi connectivity index (χ1n) is 6.44. The van der Waals surface area contributed by atoms with E-state index in [1.54, 1.807) is 0 Å². The van der Waals surface area contributed by atoms with Gasteiger partial charge in [0.05, 0.1) is 23.7 Å². The van der Waals surface area contributed by atoms with Crippen LogP contribution in [-0.2, 0) is 23.1 Å². The fourth-order valence-electron chi connectivity index (χ4n) is 2.31. The Morgan fingerprint density at radius 3 is 2.50 bits per heavy atom. The molecule has 12 heteroatoms. The van der Waals surface area contributed by atoms with E-state index in [4.69, 9.17) is 5.73 Å². The summed E-state index contributed by atoms with van der Waals surface area (Å²) in [6, 6.07) is 1.27. The van der Waals surface area contributed by atoms with Gasteiger partial charge in [-0.15, -0.1) is 0 Å². The third kappa shape index (κ3) is 2.48. The molecule has 0 radical (unpaired) electrons. The molecule has 0 unspecified atom stereocenters. The summed E-state index contributed by atoms with van der Waals surface area (Å²) in [5, 5.41) is 7.56. The highest BCUT2D eigenvalue weighted by atomic mass is 32.2. The van der Waals surface area contributed by atoms with Crippen LogP contribution in [0.3, 0.4) is 0 Å². The average Bonchev–Trinajstić information content (AvgIpc) is 3.00. The number of halogens is 3. The molecule has 0 aliphatic heterocycles. The second-order valence-corrected chi connectivity index (χ2v) is 7.09. The summed E-state index contributed by atoms with van der Waals surface area (Å²) in [4.78, 5) is 3.63. The van der Waals surface area contributed by atoms with Crippen LogP contribution in [0.25, 0.3) is 16.9 Å². The van der Waals surface area contributed by atoms with Crippen molar-refractivity contribution in [1.82, 2.24) is 24.4 Å². The van der Waals surface area contributed by atoms with Crippen LogP contribution in [0.4, 0.5) is 19.0 Å². The molecule has 0 fully saturated rings. The van der Waals surface area contributed by atoms with E-state index in [-0.39, 0.29) is 27.6 Å². The molecule has 0 saturated heterocycles. The van der Waals surface area contributed by atoms with Gasteiger partial charge >= 0.3 is 6.18 Å². The fourth-order valence-corrected chi connectivity index (χ4v) is 3.02. The van der Waals surface area contributed by atoms with Gasteiger partial charge in [-0.05, 0) is 0 Å². The van der Waals surface area contributed by atoms with Crippen LogP contribution in [0.5, 0.6) is 0 Å². The summed E-state index contributed by atoms with van der Waals surface area (Å²) in [5.41, 5.74) is 4.58. The van der Waals surface area contributed by atoms with Crippen LogP contribution < -0.4 is 5.73 Å². The molecule has 0 aliphatic rings. The molecule has 3 heterocycles. The van der Waals surface area contributed by atoms with Crippen molar-refractivity contribution in [3.63, 3.8) is 0 Å². The topological polar surface area (TPSA) is 108 Å². The van der Waals surface area contributed by atoms with Gasteiger partial charge in [0, 0.05) is 19.4 Å². The number of aromatic nitrogens is 5. The Morgan fingerprint density at radius 1 is 1.25 bits per heavy atom. The molecule has 0 aromatic carbocycles. The van der Waals surface area contributed by atoms with Gasteiger partial charge in [-0.25, -0.2) is 13.4 Å². The predicted octanol–water partition coefficient (Wildman–Crippen LogP) is 1.13. The zero-order valence-corrected chi connectivity index (χ0v) is 13.2. The van der Waals surface area contributed by atoms with Crippen LogP contribution in [0, 0.1) is 0 Å². The minimum absolute atomic E-state index is 0.0692. The van der Waals surface area contributed by atoms with Crippen LogP contribution >= 0.6 is 0 Å². The molecule has 24 heavy (non-hydrogen) atoms. The molecular formula is C12H11F3N6O2S. The SMILES string of the molecule is Cn1ncc(-c2cc3ncc(S(C)(=O)=O)c(N)n3n2)c1C(F)(F)F. The molecule has 0 bridgehead atoms. The summed E-state index contributed by atoms with van der Waals surface area (Å²) in [6.07, 6.45) is -1.62. The molecule has 8 nitrogen and oxygen atoms in total. The fraction of sp³-hybridized carbons (Fsp3) is 0.250. The van der Waals surface area contributed by atoms with E-state index < -0.39 is 21.7 Å². The van der Waals surface area contributed by atoms with Crippen molar-refractivity contribution in [2.24, 2.45) is 7.05 Å². The Morgan fingerprint density at radius 2 is 1.92 bits per heavy atom. The molecule has 0 amide bonds. The van der Waals surface area contributed by atoms with Gasteiger partial charge in [-0.2, -0.15) is 27.9 Å². The number of alkyl halides is 3. The number of sulfone groups is 1. The number of hydrogen-bond donors (Lipinski definition) is 1. The molecule has 0 saturated carbocycles. The smallest absolute Gasteiger partial charge is 0.382 e. The van der Waals surface area contributed by atoms with Crippen LogP contribution in [0.2, 0.25) is 0 Å². The first kappa shape index (κ1) is 16.2. The number of fused-ring (bicyclic) bond motifs is 1. The molecular weight excluding hydrogens is 349 g/mol. The number of nitrogens with zero attached hydrogens (tertiary/aromatic N) is 5. The minimum Gasteiger partial charge on any atom is -0.382 e. The lowest BCUT2D eigenvalue weighted by molar-refractivity contribution is -0.143. The van der Waals surface area contributed by atoms with Gasteiger partial charge in [0.1, 0.15) is 10.7 Å². The average molecular weight is 360 g/mol. The summed E-state index contributed by atoms with van der Waals surface area (Å²) in [6.45, 7) is 0. The number of aryl methyl sites for hydroxylation is 1. The second kappa shape index (κ2) is 4.93. The number of nitrogens with two attached hydrogens (primary N) is 1. The lowest BCUT2D eigenvalue weighted by Gasteiger charge is -2.08. The lowest BCUT2D eigenvalue weighted by Crippen LogP contribution is -2.13.